The summed E-state index contributed by atoms with van der Waals surface area (Å²) in [5.41, 5.74) is 0.466. The van der Waals surface area contributed by atoms with Gasteiger partial charge in [0.25, 0.3) is 0 Å². The van der Waals surface area contributed by atoms with E-state index < -0.39 is 8.56 Å². The summed E-state index contributed by atoms with van der Waals surface area (Å²) in [4.78, 5) is 4.76. The van der Waals surface area contributed by atoms with Crippen LogP contribution in [0.15, 0.2) is 0 Å². The van der Waals surface area contributed by atoms with Crippen LogP contribution in [0.25, 0.3) is 0 Å². The highest BCUT2D eigenvalue weighted by atomic mass is 28.4. The van der Waals surface area contributed by atoms with Crippen molar-refractivity contribution < 1.29 is 13.6 Å². The van der Waals surface area contributed by atoms with E-state index in [-0.39, 0.29) is 6.23 Å². The molecule has 0 saturated carbocycles. The predicted octanol–water partition coefficient (Wildman–Crippen LogP) is 1.11. The number of likely N-dealkylation sites (N-methyl/N-ethyl adjacent to an activating group) is 1. The molecule has 0 aromatic heterocycles. The first-order valence-electron chi connectivity index (χ1n) is 7.28. The summed E-state index contributed by atoms with van der Waals surface area (Å²) >= 11 is 0. The fraction of sp³-hybridized carbons (Fsp3) is 1.00. The highest BCUT2D eigenvalue weighted by Crippen LogP contribution is 2.30. The van der Waals surface area contributed by atoms with Gasteiger partial charge in [0.15, 0.2) is 0 Å². The molecule has 2 rings (SSSR count). The number of rotatable bonds is 2. The van der Waals surface area contributed by atoms with Crippen LogP contribution in [0.1, 0.15) is 13.3 Å². The van der Waals surface area contributed by atoms with Crippen molar-refractivity contribution in [2.24, 2.45) is 0 Å². The lowest BCUT2D eigenvalue weighted by molar-refractivity contribution is -0.0820. The first-order chi connectivity index (χ1) is 9.05. The van der Waals surface area contributed by atoms with Crippen molar-refractivity contribution in [1.82, 2.24) is 9.80 Å². The minimum absolute atomic E-state index is 0.0630. The van der Waals surface area contributed by atoms with Gasteiger partial charge in [0.05, 0.1) is 6.61 Å². The molecule has 2 fully saturated rings. The number of hydrogen-bond acceptors (Lipinski definition) is 5. The Balaban J connectivity index is 2.02. The van der Waals surface area contributed by atoms with Gasteiger partial charge in [-0.15, -0.1) is 0 Å². The van der Waals surface area contributed by atoms with E-state index in [2.05, 4.69) is 30.3 Å². The summed E-state index contributed by atoms with van der Waals surface area (Å²) in [5.74, 6) is 0. The quantitative estimate of drug-likeness (QED) is 0.711. The second-order valence-electron chi connectivity index (χ2n) is 5.90. The lowest BCUT2D eigenvalue weighted by atomic mass is 10.3. The van der Waals surface area contributed by atoms with Gasteiger partial charge in [0.1, 0.15) is 6.23 Å². The largest absolute Gasteiger partial charge is 0.398 e. The molecule has 2 saturated heterocycles. The first-order valence-corrected chi connectivity index (χ1v) is 9.68. The number of nitrogens with zero attached hydrogens (tertiary/aromatic N) is 2. The van der Waals surface area contributed by atoms with E-state index in [1.807, 2.05) is 0 Å². The van der Waals surface area contributed by atoms with E-state index in [9.17, 15) is 0 Å². The van der Waals surface area contributed by atoms with Gasteiger partial charge in [-0.25, -0.2) is 0 Å². The van der Waals surface area contributed by atoms with Crippen LogP contribution in [-0.4, -0.2) is 78.1 Å². The van der Waals surface area contributed by atoms with Crippen molar-refractivity contribution in [2.45, 2.75) is 31.7 Å². The first kappa shape index (κ1) is 15.4. The molecule has 6 heteroatoms. The summed E-state index contributed by atoms with van der Waals surface area (Å²) in [5, 5.41) is 0. The van der Waals surface area contributed by atoms with Gasteiger partial charge in [-0.3, -0.25) is 4.90 Å². The Morgan fingerprint density at radius 3 is 2.53 bits per heavy atom. The lowest BCUT2D eigenvalue weighted by Gasteiger charge is -2.43. The van der Waals surface area contributed by atoms with Gasteiger partial charge in [-0.1, -0.05) is 6.92 Å². The monoisotopic (exact) mass is 288 g/mol. The van der Waals surface area contributed by atoms with Crippen molar-refractivity contribution in [2.75, 3.05) is 53.6 Å². The molecule has 5 nitrogen and oxygen atoms in total. The van der Waals surface area contributed by atoms with Crippen LogP contribution in [0.5, 0.6) is 0 Å². The topological polar surface area (TPSA) is 34.2 Å². The molecule has 112 valence electrons. The third kappa shape index (κ3) is 3.77. The highest BCUT2D eigenvalue weighted by Gasteiger charge is 2.42. The summed E-state index contributed by atoms with van der Waals surface area (Å²) in [6.07, 6.45) is 1.10. The van der Waals surface area contributed by atoms with E-state index >= 15 is 0 Å². The zero-order chi connectivity index (χ0) is 13.9. The number of piperazine rings is 1. The van der Waals surface area contributed by atoms with Crippen LogP contribution in [0.2, 0.25) is 12.1 Å². The SMILES string of the molecule is CO[Si]1(C)OC(N2CCN(C)CC2)COCCC1C. The van der Waals surface area contributed by atoms with Crippen LogP contribution < -0.4 is 0 Å². The van der Waals surface area contributed by atoms with Gasteiger partial charge in [0, 0.05) is 45.4 Å². The van der Waals surface area contributed by atoms with E-state index in [4.69, 9.17) is 13.6 Å². The smallest absolute Gasteiger partial charge is 0.338 e. The minimum Gasteiger partial charge on any atom is -0.398 e. The molecule has 0 amide bonds. The third-order valence-electron chi connectivity index (χ3n) is 4.57. The molecule has 0 aliphatic carbocycles. The Hall–Kier alpha value is 0.0169. The Labute approximate surface area is 118 Å². The number of hydrogen-bond donors (Lipinski definition) is 0. The van der Waals surface area contributed by atoms with Crippen molar-refractivity contribution in [1.29, 1.82) is 0 Å². The zero-order valence-corrected chi connectivity index (χ0v) is 13.7. The lowest BCUT2D eigenvalue weighted by Crippen LogP contribution is -2.57. The van der Waals surface area contributed by atoms with E-state index in [1.54, 1.807) is 7.11 Å². The maximum atomic E-state index is 6.41. The van der Waals surface area contributed by atoms with Crippen LogP contribution in [0, 0.1) is 0 Å². The van der Waals surface area contributed by atoms with Crippen LogP contribution in [0.4, 0.5) is 0 Å². The average molecular weight is 288 g/mol. The molecule has 0 bridgehead atoms. The standard InChI is InChI=1S/C13H28N2O3Si/c1-12-5-10-17-11-13(18-19(12,4)16-3)15-8-6-14(2)7-9-15/h12-13H,5-11H2,1-4H3. The van der Waals surface area contributed by atoms with Crippen molar-refractivity contribution in [3.63, 3.8) is 0 Å². The molecule has 0 aromatic carbocycles. The summed E-state index contributed by atoms with van der Waals surface area (Å²) in [6, 6.07) is 0. The Kier molecular flexibility index (Phi) is 5.39. The molecule has 2 aliphatic heterocycles. The highest BCUT2D eigenvalue weighted by molar-refractivity contribution is 6.67. The molecule has 3 unspecified atom stereocenters. The maximum absolute atomic E-state index is 6.41. The second kappa shape index (κ2) is 6.65. The maximum Gasteiger partial charge on any atom is 0.338 e. The summed E-state index contributed by atoms with van der Waals surface area (Å²) < 4.78 is 18.0. The molecule has 0 radical (unpaired) electrons. The van der Waals surface area contributed by atoms with Crippen molar-refractivity contribution in [3.05, 3.63) is 0 Å². The van der Waals surface area contributed by atoms with E-state index in [0.717, 1.165) is 39.2 Å². The summed E-state index contributed by atoms with van der Waals surface area (Å²) in [6.45, 7) is 10.2. The fourth-order valence-electron chi connectivity index (χ4n) is 2.67. The summed E-state index contributed by atoms with van der Waals surface area (Å²) in [7, 11) is 1.87. The molecular formula is C13H28N2O3Si. The molecule has 19 heavy (non-hydrogen) atoms. The fourth-order valence-corrected chi connectivity index (χ4v) is 4.80. The van der Waals surface area contributed by atoms with Crippen LogP contribution in [0.3, 0.4) is 0 Å². The van der Waals surface area contributed by atoms with Gasteiger partial charge in [-0.2, -0.15) is 0 Å². The molecule has 2 heterocycles. The Bertz CT molecular complexity index is 287. The molecule has 0 N–H and O–H groups in total. The zero-order valence-electron chi connectivity index (χ0n) is 12.7. The molecule has 2 aliphatic rings. The van der Waals surface area contributed by atoms with Crippen LogP contribution in [-0.2, 0) is 13.6 Å². The second-order valence-corrected chi connectivity index (χ2v) is 9.56. The molecule has 0 aromatic rings. The average Bonchev–Trinajstić information content (AvgIpc) is 2.41. The predicted molar refractivity (Wildman–Crippen MR) is 77.4 cm³/mol. The van der Waals surface area contributed by atoms with Crippen molar-refractivity contribution >= 4 is 8.56 Å². The molecule has 0 spiro atoms. The van der Waals surface area contributed by atoms with Gasteiger partial charge < -0.3 is 18.5 Å². The van der Waals surface area contributed by atoms with Crippen molar-refractivity contribution in [3.8, 4) is 0 Å². The van der Waals surface area contributed by atoms with E-state index in [0.29, 0.717) is 12.1 Å². The molecule has 3 atom stereocenters. The molecular weight excluding hydrogens is 260 g/mol. The number of ether oxygens (including phenoxy) is 1. The van der Waals surface area contributed by atoms with Gasteiger partial charge >= 0.3 is 8.56 Å². The van der Waals surface area contributed by atoms with E-state index in [1.165, 1.54) is 0 Å². The van der Waals surface area contributed by atoms with Gasteiger partial charge in [-0.05, 0) is 20.0 Å². The minimum atomic E-state index is -2.10. The Morgan fingerprint density at radius 2 is 1.89 bits per heavy atom. The van der Waals surface area contributed by atoms with Gasteiger partial charge in [0.2, 0.25) is 0 Å². The Morgan fingerprint density at radius 1 is 1.21 bits per heavy atom. The normalized spacial score (nSPS) is 39.8. The van der Waals surface area contributed by atoms with Crippen LogP contribution >= 0.6 is 0 Å². The third-order valence-corrected chi connectivity index (χ3v) is 8.20.